The second-order valence-electron chi connectivity index (χ2n) is 7.13. The summed E-state index contributed by atoms with van der Waals surface area (Å²) in [5.74, 6) is -0.677. The van der Waals surface area contributed by atoms with E-state index in [2.05, 4.69) is 20.9 Å². The Bertz CT molecular complexity index is 816. The first kappa shape index (κ1) is 22.4. The summed E-state index contributed by atoms with van der Waals surface area (Å²) in [4.78, 5) is 28.4. The molecule has 1 aliphatic heterocycles. The largest absolute Gasteiger partial charge is 0.389 e. The van der Waals surface area contributed by atoms with Crippen molar-refractivity contribution in [3.8, 4) is 0 Å². The number of hydrogen-bond acceptors (Lipinski definition) is 4. The molecule has 158 valence electrons. The third kappa shape index (κ3) is 7.24. The number of rotatable bonds is 6. The van der Waals surface area contributed by atoms with Crippen LogP contribution in [0.4, 0.5) is 13.2 Å². The molecule has 0 aromatic heterocycles. The number of hydrogen-bond donors (Lipinski definition) is 3. The smallest absolute Gasteiger partial charge is 0.352 e. The van der Waals surface area contributed by atoms with Crippen LogP contribution < -0.4 is 16.0 Å². The van der Waals surface area contributed by atoms with Crippen molar-refractivity contribution in [2.45, 2.75) is 45.8 Å². The number of amides is 2. The number of aryl methyl sites for hydroxylation is 1. The Morgan fingerprint density at radius 2 is 1.97 bits per heavy atom. The van der Waals surface area contributed by atoms with E-state index in [4.69, 9.17) is 0 Å². The van der Waals surface area contributed by atoms with E-state index in [1.807, 2.05) is 0 Å². The van der Waals surface area contributed by atoms with Crippen LogP contribution in [0.2, 0.25) is 0 Å². The van der Waals surface area contributed by atoms with Crippen LogP contribution in [0.1, 0.15) is 44.4 Å². The van der Waals surface area contributed by atoms with Crippen molar-refractivity contribution in [1.29, 1.82) is 0 Å². The van der Waals surface area contributed by atoms with Gasteiger partial charge in [0.2, 0.25) is 11.9 Å². The molecule has 0 fully saturated rings. The van der Waals surface area contributed by atoms with Crippen molar-refractivity contribution < 1.29 is 22.8 Å². The average molecular weight is 410 g/mol. The van der Waals surface area contributed by atoms with Gasteiger partial charge in [-0.2, -0.15) is 13.2 Å². The van der Waals surface area contributed by atoms with E-state index < -0.39 is 24.5 Å². The van der Waals surface area contributed by atoms with Crippen molar-refractivity contribution in [3.63, 3.8) is 0 Å². The molecule has 1 aromatic carbocycles. The lowest BCUT2D eigenvalue weighted by molar-refractivity contribution is -0.134. The molecule has 0 spiro atoms. The van der Waals surface area contributed by atoms with E-state index in [9.17, 15) is 22.8 Å². The maximum Gasteiger partial charge on any atom is 0.389 e. The van der Waals surface area contributed by atoms with Crippen LogP contribution in [0.25, 0.3) is 0 Å². The summed E-state index contributed by atoms with van der Waals surface area (Å²) >= 11 is 0. The number of guanidine groups is 1. The number of nitrogens with zero attached hydrogens (tertiary/aromatic N) is 1. The fourth-order valence-electron chi connectivity index (χ4n) is 2.58. The number of carbonyl (C=O) groups excluding carboxylic acids is 2. The summed E-state index contributed by atoms with van der Waals surface area (Å²) in [6.45, 7) is 5.56. The van der Waals surface area contributed by atoms with Crippen molar-refractivity contribution in [2.75, 3.05) is 6.54 Å². The Morgan fingerprint density at radius 1 is 1.24 bits per heavy atom. The lowest BCUT2D eigenvalue weighted by atomic mass is 10.0. The maximum absolute atomic E-state index is 12.5. The van der Waals surface area contributed by atoms with Crippen molar-refractivity contribution in [2.24, 2.45) is 10.9 Å². The highest BCUT2D eigenvalue weighted by atomic mass is 19.4. The van der Waals surface area contributed by atoms with Gasteiger partial charge < -0.3 is 10.6 Å². The van der Waals surface area contributed by atoms with Crippen LogP contribution in [0, 0.1) is 5.92 Å². The summed E-state index contributed by atoms with van der Waals surface area (Å²) in [6, 6.07) is 6.28. The van der Waals surface area contributed by atoms with Crippen LogP contribution in [-0.2, 0) is 16.0 Å². The number of nitrogens with one attached hydrogen (secondary N) is 3. The molecule has 0 aliphatic carbocycles. The Balaban J connectivity index is 2.00. The molecular formula is C20H25F3N4O2. The molecule has 2 amide bonds. The monoisotopic (exact) mass is 410 g/mol. The predicted molar refractivity (Wildman–Crippen MR) is 104 cm³/mol. The number of halogens is 3. The summed E-state index contributed by atoms with van der Waals surface area (Å²) in [6.07, 6.45) is -3.63. The molecule has 1 atom stereocenters. The molecule has 1 aromatic rings. The first-order valence-electron chi connectivity index (χ1n) is 9.35. The van der Waals surface area contributed by atoms with Gasteiger partial charge in [-0.15, -0.1) is 0 Å². The van der Waals surface area contributed by atoms with Gasteiger partial charge >= 0.3 is 6.18 Å². The summed E-state index contributed by atoms with van der Waals surface area (Å²) < 4.78 is 37.3. The molecule has 0 bridgehead atoms. The quantitative estimate of drug-likeness (QED) is 0.674. The van der Waals surface area contributed by atoms with Gasteiger partial charge in [0.05, 0.1) is 6.04 Å². The third-order valence-electron chi connectivity index (χ3n) is 4.29. The fourth-order valence-corrected chi connectivity index (χ4v) is 2.58. The maximum atomic E-state index is 12.5. The Hall–Kier alpha value is -2.84. The topological polar surface area (TPSA) is 82.6 Å². The minimum Gasteiger partial charge on any atom is -0.352 e. The minimum atomic E-state index is -4.21. The highest BCUT2D eigenvalue weighted by molar-refractivity contribution is 6.02. The van der Waals surface area contributed by atoms with Gasteiger partial charge in [-0.1, -0.05) is 38.1 Å². The van der Waals surface area contributed by atoms with Gasteiger partial charge in [-0.25, -0.2) is 4.99 Å². The molecule has 29 heavy (non-hydrogen) atoms. The summed E-state index contributed by atoms with van der Waals surface area (Å²) in [5, 5.41) is 8.27. The van der Waals surface area contributed by atoms with Gasteiger partial charge in [0, 0.05) is 18.9 Å². The van der Waals surface area contributed by atoms with Gasteiger partial charge in [-0.3, -0.25) is 14.9 Å². The highest BCUT2D eigenvalue weighted by Gasteiger charge is 2.26. The average Bonchev–Trinajstić information content (AvgIpc) is 2.66. The molecule has 6 nitrogen and oxygen atoms in total. The molecule has 3 N–H and O–H groups in total. The molecule has 1 aliphatic rings. The van der Waals surface area contributed by atoms with Crippen molar-refractivity contribution in [1.82, 2.24) is 16.0 Å². The van der Waals surface area contributed by atoms with E-state index in [1.54, 1.807) is 51.1 Å². The lowest BCUT2D eigenvalue weighted by Gasteiger charge is -2.19. The van der Waals surface area contributed by atoms with Crippen LogP contribution >= 0.6 is 0 Å². The van der Waals surface area contributed by atoms with Crippen LogP contribution in [0.5, 0.6) is 0 Å². The van der Waals surface area contributed by atoms with E-state index in [1.165, 1.54) is 0 Å². The van der Waals surface area contributed by atoms with E-state index >= 15 is 0 Å². The van der Waals surface area contributed by atoms with Gasteiger partial charge in [0.15, 0.2) is 0 Å². The van der Waals surface area contributed by atoms with Gasteiger partial charge in [0.25, 0.3) is 5.91 Å². The molecule has 0 radical (unpaired) electrons. The first-order chi connectivity index (χ1) is 13.5. The zero-order valence-corrected chi connectivity index (χ0v) is 16.6. The lowest BCUT2D eigenvalue weighted by Crippen LogP contribution is -2.45. The van der Waals surface area contributed by atoms with Crippen LogP contribution in [0.15, 0.2) is 41.0 Å². The Kier molecular flexibility index (Phi) is 7.41. The minimum absolute atomic E-state index is 0.113. The molecule has 9 heteroatoms. The molecule has 0 saturated heterocycles. The molecule has 1 heterocycles. The van der Waals surface area contributed by atoms with Gasteiger partial charge in [0.1, 0.15) is 5.70 Å². The van der Waals surface area contributed by atoms with Crippen LogP contribution in [0.3, 0.4) is 0 Å². The van der Waals surface area contributed by atoms with Crippen molar-refractivity contribution >= 4 is 17.8 Å². The highest BCUT2D eigenvalue weighted by Crippen LogP contribution is 2.23. The number of alkyl halides is 3. The van der Waals surface area contributed by atoms with E-state index in [-0.39, 0.29) is 29.9 Å². The molecule has 2 rings (SSSR count). The summed E-state index contributed by atoms with van der Waals surface area (Å²) in [7, 11) is 0. The third-order valence-corrected chi connectivity index (χ3v) is 4.29. The second kappa shape index (κ2) is 9.58. The summed E-state index contributed by atoms with van der Waals surface area (Å²) in [5.41, 5.74) is 1.41. The number of carbonyl (C=O) groups is 2. The normalized spacial score (nSPS) is 15.1. The molecule has 0 saturated carbocycles. The fraction of sp³-hybridized carbons (Fsp3) is 0.450. The zero-order chi connectivity index (χ0) is 21.6. The van der Waals surface area contributed by atoms with Crippen LogP contribution in [-0.4, -0.2) is 30.5 Å². The number of benzene rings is 1. The second-order valence-corrected chi connectivity index (χ2v) is 7.13. The van der Waals surface area contributed by atoms with E-state index in [0.29, 0.717) is 17.7 Å². The standard InChI is InChI=1S/C20H25F3N4O2/c1-12(2)17(28)27-19-24-10-8-16(26-19)18(29)25-13(3)15-6-4-5-14(11-15)7-9-20(21,22)23/h4-6,8,11-13H,7,9-10H2,1-3H3,(H,25,29)(H2,24,26,27,28). The predicted octanol–water partition coefficient (Wildman–Crippen LogP) is 2.97. The first-order valence-corrected chi connectivity index (χ1v) is 9.35. The number of aliphatic imine (C=N–C) groups is 1. The molecular weight excluding hydrogens is 385 g/mol. The Morgan fingerprint density at radius 3 is 2.62 bits per heavy atom. The van der Waals surface area contributed by atoms with Crippen molar-refractivity contribution in [3.05, 3.63) is 47.2 Å². The Labute approximate surface area is 167 Å². The van der Waals surface area contributed by atoms with Gasteiger partial charge in [-0.05, 0) is 30.5 Å². The SMILES string of the molecule is CC(C)C(=O)NC1=NC(C(=O)NC(C)c2cccc(CCC(F)(F)F)c2)=CCN1. The molecule has 1 unspecified atom stereocenters. The zero-order valence-electron chi connectivity index (χ0n) is 16.6. The van der Waals surface area contributed by atoms with E-state index in [0.717, 1.165) is 0 Å².